The third-order valence-electron chi connectivity index (χ3n) is 4.05. The number of carbonyl (C=O) groups excluding carboxylic acids is 2. The number of rotatable bonds is 5. The number of alkyl halides is 3. The second-order valence-corrected chi connectivity index (χ2v) is 8.69. The molecule has 0 aliphatic rings. The maximum atomic E-state index is 12.8. The van der Waals surface area contributed by atoms with Crippen molar-refractivity contribution >= 4 is 39.9 Å². The zero-order chi connectivity index (χ0) is 24.4. The van der Waals surface area contributed by atoms with Gasteiger partial charge in [0, 0.05) is 5.69 Å². The number of ether oxygens (including phenoxy) is 1. The molecule has 0 fully saturated rings. The van der Waals surface area contributed by atoms with Crippen LogP contribution >= 0.6 is 11.5 Å². The predicted octanol–water partition coefficient (Wildman–Crippen LogP) is 5.21. The van der Waals surface area contributed by atoms with Crippen molar-refractivity contribution < 1.29 is 27.5 Å². The van der Waals surface area contributed by atoms with Crippen molar-refractivity contribution in [2.24, 2.45) is 0 Å². The quantitative estimate of drug-likeness (QED) is 0.484. The van der Waals surface area contributed by atoms with Gasteiger partial charge in [0.05, 0.1) is 29.2 Å². The number of amides is 1. The maximum absolute atomic E-state index is 12.8. The molecule has 0 unspecified atom stereocenters. The summed E-state index contributed by atoms with van der Waals surface area (Å²) in [5, 5.41) is 5.78. The standard InChI is InChI=1S/C21H20F3N5O3S/c1-11-16(18(33-29-11)28-15-10-25-14(9-26-15)21(22,23)24)17(30)27-13-7-5-12(6-8-13)19(31)32-20(2,3)4/h5-10H,1-4H3,(H,26,28)(H,27,30). The SMILES string of the molecule is Cc1nsc(Nc2cnc(C(F)(F)F)cn2)c1C(=O)Nc1ccc(C(=O)OC(C)(C)C)cc1. The van der Waals surface area contributed by atoms with Crippen molar-refractivity contribution in [1.82, 2.24) is 14.3 Å². The molecule has 12 heteroatoms. The average Bonchev–Trinajstić information content (AvgIpc) is 3.07. The van der Waals surface area contributed by atoms with Gasteiger partial charge in [0.1, 0.15) is 16.4 Å². The Kier molecular flexibility index (Phi) is 6.68. The van der Waals surface area contributed by atoms with Gasteiger partial charge in [-0.1, -0.05) is 0 Å². The molecule has 0 aliphatic heterocycles. The van der Waals surface area contributed by atoms with E-state index in [1.165, 1.54) is 12.1 Å². The van der Waals surface area contributed by atoms with Crippen molar-refractivity contribution in [3.8, 4) is 0 Å². The number of carbonyl (C=O) groups is 2. The Hall–Kier alpha value is -3.54. The monoisotopic (exact) mass is 479 g/mol. The summed E-state index contributed by atoms with van der Waals surface area (Å²) in [5.41, 5.74) is -0.365. The average molecular weight is 479 g/mol. The van der Waals surface area contributed by atoms with E-state index in [1.807, 2.05) is 0 Å². The van der Waals surface area contributed by atoms with Crippen molar-refractivity contribution in [2.75, 3.05) is 10.6 Å². The fraction of sp³-hybridized carbons (Fsp3) is 0.286. The molecule has 0 aliphatic carbocycles. The molecule has 0 atom stereocenters. The second-order valence-electron chi connectivity index (χ2n) is 7.92. The van der Waals surface area contributed by atoms with Gasteiger partial charge in [-0.05, 0) is 63.5 Å². The first kappa shape index (κ1) is 24.1. The summed E-state index contributed by atoms with van der Waals surface area (Å²) in [6.07, 6.45) is -3.08. The molecule has 8 nitrogen and oxygen atoms in total. The van der Waals surface area contributed by atoms with Gasteiger partial charge in [-0.15, -0.1) is 0 Å². The summed E-state index contributed by atoms with van der Waals surface area (Å²) in [7, 11) is 0. The third kappa shape index (κ3) is 6.25. The minimum absolute atomic E-state index is 0.0300. The highest BCUT2D eigenvalue weighted by Crippen LogP contribution is 2.30. The number of nitrogens with zero attached hydrogens (tertiary/aromatic N) is 3. The molecular weight excluding hydrogens is 459 g/mol. The van der Waals surface area contributed by atoms with Crippen LogP contribution in [0.5, 0.6) is 0 Å². The fourth-order valence-corrected chi connectivity index (χ4v) is 3.40. The van der Waals surface area contributed by atoms with Gasteiger partial charge in [-0.25, -0.2) is 14.8 Å². The number of esters is 1. The van der Waals surface area contributed by atoms with Crippen LogP contribution in [0.15, 0.2) is 36.7 Å². The molecule has 1 aromatic carbocycles. The molecule has 2 heterocycles. The molecule has 1 amide bonds. The Balaban J connectivity index is 1.72. The van der Waals surface area contributed by atoms with E-state index in [0.29, 0.717) is 28.1 Å². The lowest BCUT2D eigenvalue weighted by molar-refractivity contribution is -0.141. The Morgan fingerprint density at radius 2 is 1.70 bits per heavy atom. The fourth-order valence-electron chi connectivity index (χ4n) is 2.60. The van der Waals surface area contributed by atoms with E-state index in [2.05, 4.69) is 25.0 Å². The van der Waals surface area contributed by atoms with E-state index in [1.54, 1.807) is 39.8 Å². The van der Waals surface area contributed by atoms with Crippen LogP contribution in [0.1, 0.15) is 52.9 Å². The summed E-state index contributed by atoms with van der Waals surface area (Å²) in [4.78, 5) is 32.0. The number of hydrogen-bond acceptors (Lipinski definition) is 8. The molecule has 0 saturated heterocycles. The number of halogens is 3. The zero-order valence-electron chi connectivity index (χ0n) is 18.1. The second kappa shape index (κ2) is 9.14. The Labute approximate surface area is 191 Å². The Morgan fingerprint density at radius 3 is 2.24 bits per heavy atom. The van der Waals surface area contributed by atoms with Crippen LogP contribution in [-0.4, -0.2) is 31.8 Å². The van der Waals surface area contributed by atoms with Gasteiger partial charge >= 0.3 is 12.1 Å². The van der Waals surface area contributed by atoms with E-state index in [0.717, 1.165) is 17.7 Å². The lowest BCUT2D eigenvalue weighted by atomic mass is 10.1. The van der Waals surface area contributed by atoms with Crippen molar-refractivity contribution in [2.45, 2.75) is 39.5 Å². The minimum atomic E-state index is -4.60. The first-order valence-electron chi connectivity index (χ1n) is 9.61. The topological polar surface area (TPSA) is 106 Å². The van der Waals surface area contributed by atoms with Crippen molar-refractivity contribution in [3.63, 3.8) is 0 Å². The first-order valence-corrected chi connectivity index (χ1v) is 10.4. The van der Waals surface area contributed by atoms with Crippen molar-refractivity contribution in [3.05, 3.63) is 59.2 Å². The van der Waals surface area contributed by atoms with E-state index >= 15 is 0 Å². The van der Waals surface area contributed by atoms with Crippen molar-refractivity contribution in [1.29, 1.82) is 0 Å². The molecule has 3 aromatic rings. The molecule has 174 valence electrons. The number of aromatic nitrogens is 3. The van der Waals surface area contributed by atoms with Gasteiger partial charge < -0.3 is 15.4 Å². The zero-order valence-corrected chi connectivity index (χ0v) is 18.9. The molecule has 3 rings (SSSR count). The van der Waals surface area contributed by atoms with Gasteiger partial charge in [-0.2, -0.15) is 17.5 Å². The third-order valence-corrected chi connectivity index (χ3v) is 4.90. The van der Waals surface area contributed by atoms with Crippen LogP contribution in [0, 0.1) is 6.92 Å². The predicted molar refractivity (Wildman–Crippen MR) is 117 cm³/mol. The highest BCUT2D eigenvalue weighted by molar-refractivity contribution is 7.10. The van der Waals surface area contributed by atoms with E-state index < -0.39 is 29.3 Å². The van der Waals surface area contributed by atoms with Gasteiger partial charge in [0.2, 0.25) is 0 Å². The maximum Gasteiger partial charge on any atom is 0.434 e. The van der Waals surface area contributed by atoms with Crippen LogP contribution in [0.3, 0.4) is 0 Å². The molecule has 0 spiro atoms. The van der Waals surface area contributed by atoms with Crippen LogP contribution in [0.2, 0.25) is 0 Å². The number of hydrogen-bond donors (Lipinski definition) is 2. The number of aryl methyl sites for hydroxylation is 1. The number of anilines is 3. The largest absolute Gasteiger partial charge is 0.456 e. The van der Waals surface area contributed by atoms with Gasteiger partial charge in [-0.3, -0.25) is 4.79 Å². The van der Waals surface area contributed by atoms with Crippen LogP contribution < -0.4 is 10.6 Å². The first-order chi connectivity index (χ1) is 15.3. The number of nitrogens with one attached hydrogen (secondary N) is 2. The highest BCUT2D eigenvalue weighted by atomic mass is 32.1. The lowest BCUT2D eigenvalue weighted by Gasteiger charge is -2.19. The molecule has 33 heavy (non-hydrogen) atoms. The van der Waals surface area contributed by atoms with Gasteiger partial charge in [0.25, 0.3) is 5.91 Å². The highest BCUT2D eigenvalue weighted by Gasteiger charge is 2.32. The molecule has 0 saturated carbocycles. The van der Waals surface area contributed by atoms with E-state index in [9.17, 15) is 22.8 Å². The lowest BCUT2D eigenvalue weighted by Crippen LogP contribution is -2.23. The Morgan fingerprint density at radius 1 is 1.03 bits per heavy atom. The minimum Gasteiger partial charge on any atom is -0.456 e. The summed E-state index contributed by atoms with van der Waals surface area (Å²) >= 11 is 0.958. The van der Waals surface area contributed by atoms with E-state index in [-0.39, 0.29) is 11.4 Å². The Bertz CT molecular complexity index is 1150. The molecule has 2 aromatic heterocycles. The van der Waals surface area contributed by atoms with Gasteiger partial charge in [0.15, 0.2) is 5.69 Å². The summed E-state index contributed by atoms with van der Waals surface area (Å²) < 4.78 is 47.4. The summed E-state index contributed by atoms with van der Waals surface area (Å²) in [6.45, 7) is 6.91. The smallest absolute Gasteiger partial charge is 0.434 e. The van der Waals surface area contributed by atoms with E-state index in [4.69, 9.17) is 4.74 Å². The summed E-state index contributed by atoms with van der Waals surface area (Å²) in [5.74, 6) is -0.946. The normalized spacial score (nSPS) is 11.7. The molecule has 0 radical (unpaired) electrons. The van der Waals surface area contributed by atoms with Crippen LogP contribution in [0.4, 0.5) is 29.7 Å². The molecule has 0 bridgehead atoms. The molecule has 2 N–H and O–H groups in total. The number of benzene rings is 1. The summed E-state index contributed by atoms with van der Waals surface area (Å²) in [6, 6.07) is 6.17. The van der Waals surface area contributed by atoms with Crippen LogP contribution in [-0.2, 0) is 10.9 Å². The van der Waals surface area contributed by atoms with Crippen LogP contribution in [0.25, 0.3) is 0 Å². The molecular formula is C21H20F3N5O3S.